The van der Waals surface area contributed by atoms with Gasteiger partial charge in [-0.2, -0.15) is 5.10 Å². The second-order valence-electron chi connectivity index (χ2n) is 8.69. The first-order valence-electron chi connectivity index (χ1n) is 11.9. The third-order valence-corrected chi connectivity index (χ3v) is 6.48. The second-order valence-corrected chi connectivity index (χ2v) is 9.12. The molecule has 2 heterocycles. The Labute approximate surface area is 215 Å². The number of allylic oxidation sites excluding steroid dienone is 1. The number of aromatic nitrogens is 2. The minimum Gasteiger partial charge on any atom is -0.494 e. The van der Waals surface area contributed by atoms with Gasteiger partial charge in [0.25, 0.3) is 5.56 Å². The summed E-state index contributed by atoms with van der Waals surface area (Å²) in [4.78, 5) is 17.8. The zero-order valence-corrected chi connectivity index (χ0v) is 21.0. The zero-order chi connectivity index (χ0) is 25.5. The Morgan fingerprint density at radius 2 is 1.81 bits per heavy atom. The molecule has 0 atom stereocenters. The summed E-state index contributed by atoms with van der Waals surface area (Å²) in [5.41, 5.74) is 2.47. The number of hydrogen-bond donors (Lipinski definition) is 1. The van der Waals surface area contributed by atoms with Crippen molar-refractivity contribution in [2.24, 2.45) is 0 Å². The smallest absolute Gasteiger partial charge is 0.271 e. The lowest BCUT2D eigenvalue weighted by Gasteiger charge is -2.34. The Morgan fingerprint density at radius 1 is 1.08 bits per heavy atom. The first-order chi connectivity index (χ1) is 17.5. The van der Waals surface area contributed by atoms with Gasteiger partial charge in [-0.1, -0.05) is 35.9 Å². The van der Waals surface area contributed by atoms with Crippen LogP contribution < -0.4 is 10.3 Å². The Hall–Kier alpha value is -3.04. The van der Waals surface area contributed by atoms with Crippen LogP contribution in [-0.2, 0) is 13.1 Å². The average Bonchev–Trinajstić information content (AvgIpc) is 2.88. The van der Waals surface area contributed by atoms with Crippen molar-refractivity contribution < 1.29 is 14.2 Å². The van der Waals surface area contributed by atoms with Crippen LogP contribution in [0.4, 0.5) is 4.39 Å². The van der Waals surface area contributed by atoms with Crippen molar-refractivity contribution in [2.45, 2.75) is 13.1 Å². The number of halogens is 2. The molecule has 0 spiro atoms. The van der Waals surface area contributed by atoms with Crippen molar-refractivity contribution in [3.05, 3.63) is 86.9 Å². The van der Waals surface area contributed by atoms with Gasteiger partial charge < -0.3 is 9.84 Å². The van der Waals surface area contributed by atoms with E-state index in [0.717, 1.165) is 31.7 Å². The van der Waals surface area contributed by atoms with E-state index in [1.54, 1.807) is 18.2 Å². The van der Waals surface area contributed by atoms with E-state index in [9.17, 15) is 14.3 Å². The molecule has 9 heteroatoms. The van der Waals surface area contributed by atoms with Crippen molar-refractivity contribution in [3.8, 4) is 17.0 Å². The van der Waals surface area contributed by atoms with E-state index in [0.29, 0.717) is 34.9 Å². The summed E-state index contributed by atoms with van der Waals surface area (Å²) in [5, 5.41) is 14.4. The SMILES string of the molecule is COc1ccc(-c2cc(CN3CCN(CCO)CC3)c(=O)n(C/C=C/c3ccc(Cl)cc3)n2)cc1F. The highest BCUT2D eigenvalue weighted by Gasteiger charge is 2.19. The van der Waals surface area contributed by atoms with Gasteiger partial charge in [0.15, 0.2) is 11.6 Å². The lowest BCUT2D eigenvalue weighted by atomic mass is 10.1. The third-order valence-electron chi connectivity index (χ3n) is 6.23. The van der Waals surface area contributed by atoms with Crippen LogP contribution in [-0.4, -0.2) is 71.1 Å². The van der Waals surface area contributed by atoms with Crippen LogP contribution in [0.15, 0.2) is 59.4 Å². The number of aliphatic hydroxyl groups is 1. The number of β-amino-alcohol motifs (C(OH)–C–C–N with tert-alkyl or cyclic N) is 1. The monoisotopic (exact) mass is 512 g/mol. The average molecular weight is 513 g/mol. The maximum absolute atomic E-state index is 14.4. The molecule has 7 nitrogen and oxygen atoms in total. The molecule has 1 aliphatic rings. The highest BCUT2D eigenvalue weighted by Crippen LogP contribution is 2.24. The Morgan fingerprint density at radius 3 is 2.47 bits per heavy atom. The van der Waals surface area contributed by atoms with E-state index in [1.165, 1.54) is 17.9 Å². The fourth-order valence-electron chi connectivity index (χ4n) is 4.22. The van der Waals surface area contributed by atoms with E-state index in [1.807, 2.05) is 36.4 Å². The van der Waals surface area contributed by atoms with Gasteiger partial charge in [-0.05, 0) is 42.0 Å². The number of aliphatic hydroxyl groups excluding tert-OH is 1. The highest BCUT2D eigenvalue weighted by atomic mass is 35.5. The molecule has 1 saturated heterocycles. The quantitative estimate of drug-likeness (QED) is 0.473. The topological polar surface area (TPSA) is 70.8 Å². The van der Waals surface area contributed by atoms with E-state index in [2.05, 4.69) is 14.9 Å². The maximum atomic E-state index is 14.4. The number of rotatable bonds is 9. The molecule has 0 unspecified atom stereocenters. The summed E-state index contributed by atoms with van der Waals surface area (Å²) in [6.45, 7) is 4.80. The molecule has 0 aliphatic carbocycles. The Bertz CT molecular complexity index is 1250. The number of hydrogen-bond acceptors (Lipinski definition) is 6. The third kappa shape index (κ3) is 6.59. The molecule has 2 aromatic carbocycles. The molecule has 0 saturated carbocycles. The first kappa shape index (κ1) is 26.0. The predicted octanol–water partition coefficient (Wildman–Crippen LogP) is 3.53. The van der Waals surface area contributed by atoms with Gasteiger partial charge in [0.05, 0.1) is 26.0 Å². The number of benzene rings is 2. The summed E-state index contributed by atoms with van der Waals surface area (Å²) < 4.78 is 20.9. The lowest BCUT2D eigenvalue weighted by molar-refractivity contribution is 0.108. The van der Waals surface area contributed by atoms with Gasteiger partial charge in [0.2, 0.25) is 0 Å². The van der Waals surface area contributed by atoms with Crippen molar-refractivity contribution >= 4 is 17.7 Å². The van der Waals surface area contributed by atoms with Crippen LogP contribution in [0.1, 0.15) is 11.1 Å². The molecule has 1 aliphatic heterocycles. The lowest BCUT2D eigenvalue weighted by Crippen LogP contribution is -2.47. The number of methoxy groups -OCH3 is 1. The first-order valence-corrected chi connectivity index (χ1v) is 12.3. The van der Waals surface area contributed by atoms with E-state index < -0.39 is 5.82 Å². The zero-order valence-electron chi connectivity index (χ0n) is 20.2. The molecular weight excluding hydrogens is 483 g/mol. The van der Waals surface area contributed by atoms with Crippen molar-refractivity contribution in [2.75, 3.05) is 46.4 Å². The summed E-state index contributed by atoms with van der Waals surface area (Å²) >= 11 is 5.96. The molecule has 36 heavy (non-hydrogen) atoms. The van der Waals surface area contributed by atoms with Gasteiger partial charge >= 0.3 is 0 Å². The van der Waals surface area contributed by atoms with Gasteiger partial charge in [0, 0.05) is 55.4 Å². The standard InChI is InChI=1S/C27H30ClFN4O3/c1-36-26-9-6-21(17-24(26)29)25-18-22(19-32-13-11-31(12-14-32)15-16-34)27(35)33(30-25)10-2-3-20-4-7-23(28)8-5-20/h2-9,17-18,34H,10-16,19H2,1H3/b3-2+. The molecule has 190 valence electrons. The predicted molar refractivity (Wildman–Crippen MR) is 140 cm³/mol. The van der Waals surface area contributed by atoms with E-state index >= 15 is 0 Å². The van der Waals surface area contributed by atoms with Crippen LogP contribution >= 0.6 is 11.6 Å². The van der Waals surface area contributed by atoms with Crippen LogP contribution in [0.5, 0.6) is 5.75 Å². The van der Waals surface area contributed by atoms with Gasteiger partial charge in [-0.3, -0.25) is 14.6 Å². The van der Waals surface area contributed by atoms with Crippen molar-refractivity contribution in [1.29, 1.82) is 0 Å². The van der Waals surface area contributed by atoms with Crippen LogP contribution in [0, 0.1) is 5.82 Å². The molecule has 4 rings (SSSR count). The fraction of sp³-hybridized carbons (Fsp3) is 0.333. The van der Waals surface area contributed by atoms with E-state index in [-0.39, 0.29) is 24.5 Å². The molecule has 3 aromatic rings. The molecule has 1 fully saturated rings. The Kier molecular flexibility index (Phi) is 8.88. The summed E-state index contributed by atoms with van der Waals surface area (Å²) in [6, 6.07) is 13.8. The van der Waals surface area contributed by atoms with Crippen LogP contribution in [0.2, 0.25) is 5.02 Å². The fourth-order valence-corrected chi connectivity index (χ4v) is 4.34. The second kappa shape index (κ2) is 12.3. The molecule has 0 amide bonds. The molecule has 1 aromatic heterocycles. The summed E-state index contributed by atoms with van der Waals surface area (Å²) in [6.07, 6.45) is 3.78. The normalized spacial score (nSPS) is 15.0. The molecular formula is C27H30ClFN4O3. The number of piperazine rings is 1. The minimum absolute atomic E-state index is 0.139. The molecule has 1 N–H and O–H groups in total. The van der Waals surface area contributed by atoms with Gasteiger partial charge in [-0.25, -0.2) is 9.07 Å². The summed E-state index contributed by atoms with van der Waals surface area (Å²) in [7, 11) is 1.42. The van der Waals surface area contributed by atoms with Crippen LogP contribution in [0.3, 0.4) is 0 Å². The van der Waals surface area contributed by atoms with Gasteiger partial charge in [0.1, 0.15) is 0 Å². The number of ether oxygens (including phenoxy) is 1. The molecule has 0 bridgehead atoms. The maximum Gasteiger partial charge on any atom is 0.271 e. The Balaban J connectivity index is 1.61. The largest absolute Gasteiger partial charge is 0.494 e. The van der Waals surface area contributed by atoms with E-state index in [4.69, 9.17) is 16.3 Å². The number of nitrogens with zero attached hydrogens (tertiary/aromatic N) is 4. The van der Waals surface area contributed by atoms with Gasteiger partial charge in [-0.15, -0.1) is 0 Å². The molecule has 0 radical (unpaired) electrons. The van der Waals surface area contributed by atoms with Crippen molar-refractivity contribution in [3.63, 3.8) is 0 Å². The van der Waals surface area contributed by atoms with Crippen molar-refractivity contribution in [1.82, 2.24) is 19.6 Å². The summed E-state index contributed by atoms with van der Waals surface area (Å²) in [5.74, 6) is -0.335. The highest BCUT2D eigenvalue weighted by molar-refractivity contribution is 6.30. The van der Waals surface area contributed by atoms with Crippen LogP contribution in [0.25, 0.3) is 17.3 Å². The minimum atomic E-state index is -0.487.